The molecule has 4 nitrogen and oxygen atoms in total. The van der Waals surface area contributed by atoms with E-state index in [0.717, 1.165) is 12.6 Å². The normalized spacial score (nSPS) is 31.4. The van der Waals surface area contributed by atoms with E-state index < -0.39 is 0 Å². The van der Waals surface area contributed by atoms with E-state index in [1.807, 2.05) is 0 Å². The molecule has 3 atom stereocenters. The van der Waals surface area contributed by atoms with E-state index in [0.29, 0.717) is 12.1 Å². The van der Waals surface area contributed by atoms with Crippen LogP contribution >= 0.6 is 0 Å². The number of nitrogens with zero attached hydrogens (tertiary/aromatic N) is 2. The number of aliphatic hydroxyl groups excluding tert-OH is 1. The number of piperazine rings is 1. The van der Waals surface area contributed by atoms with Crippen LogP contribution in [0.25, 0.3) is 0 Å². The molecule has 0 spiro atoms. The SMILES string of the molecule is CC(C)NC(CO)CN1CC2CCCCN2CC1C. The van der Waals surface area contributed by atoms with Gasteiger partial charge in [-0.05, 0) is 26.3 Å². The second-order valence-corrected chi connectivity index (χ2v) is 6.65. The van der Waals surface area contributed by atoms with E-state index in [9.17, 15) is 5.11 Å². The van der Waals surface area contributed by atoms with Crippen molar-refractivity contribution in [2.24, 2.45) is 0 Å². The maximum absolute atomic E-state index is 9.52. The summed E-state index contributed by atoms with van der Waals surface area (Å²) in [7, 11) is 0. The van der Waals surface area contributed by atoms with Gasteiger partial charge in [0.15, 0.2) is 0 Å². The van der Waals surface area contributed by atoms with Crippen LogP contribution in [0.4, 0.5) is 0 Å². The first-order chi connectivity index (χ1) is 9.10. The minimum atomic E-state index is 0.206. The maximum atomic E-state index is 9.52. The van der Waals surface area contributed by atoms with Gasteiger partial charge in [-0.15, -0.1) is 0 Å². The molecule has 112 valence electrons. The lowest BCUT2D eigenvalue weighted by molar-refractivity contribution is 0.00689. The molecule has 2 N–H and O–H groups in total. The van der Waals surface area contributed by atoms with Crippen LogP contribution < -0.4 is 5.32 Å². The smallest absolute Gasteiger partial charge is 0.0597 e. The minimum absolute atomic E-state index is 0.206. The van der Waals surface area contributed by atoms with Gasteiger partial charge in [-0.1, -0.05) is 20.3 Å². The fourth-order valence-corrected chi connectivity index (χ4v) is 3.58. The van der Waals surface area contributed by atoms with Crippen LogP contribution in [0.15, 0.2) is 0 Å². The molecule has 2 fully saturated rings. The predicted molar refractivity (Wildman–Crippen MR) is 79.4 cm³/mol. The van der Waals surface area contributed by atoms with Gasteiger partial charge in [0.25, 0.3) is 0 Å². The summed E-state index contributed by atoms with van der Waals surface area (Å²) in [6, 6.07) is 2.00. The van der Waals surface area contributed by atoms with Crippen molar-refractivity contribution < 1.29 is 5.11 Å². The van der Waals surface area contributed by atoms with Gasteiger partial charge in [-0.3, -0.25) is 9.80 Å². The molecular weight excluding hydrogens is 238 g/mol. The Hall–Kier alpha value is -0.160. The van der Waals surface area contributed by atoms with Crippen molar-refractivity contribution in [2.75, 3.05) is 32.8 Å². The molecule has 0 radical (unpaired) electrons. The van der Waals surface area contributed by atoms with Crippen LogP contribution in [0, 0.1) is 0 Å². The summed E-state index contributed by atoms with van der Waals surface area (Å²) in [6.45, 7) is 11.5. The minimum Gasteiger partial charge on any atom is -0.395 e. The summed E-state index contributed by atoms with van der Waals surface area (Å²) in [5.74, 6) is 0. The molecule has 0 amide bonds. The van der Waals surface area contributed by atoms with Crippen LogP contribution in [-0.4, -0.2) is 71.9 Å². The summed E-state index contributed by atoms with van der Waals surface area (Å²) in [6.07, 6.45) is 4.11. The Bertz CT molecular complexity index is 272. The number of aliphatic hydroxyl groups is 1. The number of hydrogen-bond donors (Lipinski definition) is 2. The lowest BCUT2D eigenvalue weighted by Gasteiger charge is -2.48. The molecule has 2 aliphatic rings. The van der Waals surface area contributed by atoms with Gasteiger partial charge in [0.2, 0.25) is 0 Å². The first-order valence-electron chi connectivity index (χ1n) is 7.95. The van der Waals surface area contributed by atoms with Gasteiger partial charge in [0.05, 0.1) is 6.61 Å². The number of hydrogen-bond acceptors (Lipinski definition) is 4. The van der Waals surface area contributed by atoms with Gasteiger partial charge in [0, 0.05) is 43.8 Å². The van der Waals surface area contributed by atoms with Gasteiger partial charge >= 0.3 is 0 Å². The Morgan fingerprint density at radius 1 is 1.26 bits per heavy atom. The largest absolute Gasteiger partial charge is 0.395 e. The quantitative estimate of drug-likeness (QED) is 0.778. The lowest BCUT2D eigenvalue weighted by Crippen LogP contribution is -2.61. The zero-order valence-electron chi connectivity index (χ0n) is 12.8. The Balaban J connectivity index is 1.88. The summed E-state index contributed by atoms with van der Waals surface area (Å²) in [4.78, 5) is 5.25. The van der Waals surface area contributed by atoms with Crippen LogP contribution in [0.2, 0.25) is 0 Å². The van der Waals surface area contributed by atoms with Gasteiger partial charge in [0.1, 0.15) is 0 Å². The third-order valence-electron chi connectivity index (χ3n) is 4.56. The van der Waals surface area contributed by atoms with Crippen LogP contribution in [-0.2, 0) is 0 Å². The first-order valence-corrected chi connectivity index (χ1v) is 7.95. The van der Waals surface area contributed by atoms with E-state index in [4.69, 9.17) is 0 Å². The van der Waals surface area contributed by atoms with Gasteiger partial charge in [-0.25, -0.2) is 0 Å². The fraction of sp³-hybridized carbons (Fsp3) is 1.00. The standard InChI is InChI=1S/C15H31N3O/c1-12(2)16-14(11-19)9-18-10-15-6-4-5-7-17(15)8-13(18)3/h12-16,19H,4-11H2,1-3H3. The summed E-state index contributed by atoms with van der Waals surface area (Å²) >= 11 is 0. The topological polar surface area (TPSA) is 38.7 Å². The van der Waals surface area contributed by atoms with Gasteiger partial charge in [-0.2, -0.15) is 0 Å². The molecule has 2 aliphatic heterocycles. The highest BCUT2D eigenvalue weighted by Crippen LogP contribution is 2.23. The molecule has 2 saturated heterocycles. The second kappa shape index (κ2) is 7.02. The number of piperidine rings is 1. The molecule has 0 aromatic heterocycles. The third kappa shape index (κ3) is 4.15. The molecule has 0 aromatic carbocycles. The maximum Gasteiger partial charge on any atom is 0.0597 e. The van der Waals surface area contributed by atoms with Crippen molar-refractivity contribution in [2.45, 2.75) is 64.2 Å². The van der Waals surface area contributed by atoms with E-state index in [1.165, 1.54) is 38.9 Å². The van der Waals surface area contributed by atoms with E-state index in [-0.39, 0.29) is 12.6 Å². The van der Waals surface area contributed by atoms with Crippen molar-refractivity contribution in [3.63, 3.8) is 0 Å². The van der Waals surface area contributed by atoms with Crippen LogP contribution in [0.1, 0.15) is 40.0 Å². The number of nitrogens with one attached hydrogen (secondary N) is 1. The van der Waals surface area contributed by atoms with Crippen molar-refractivity contribution in [1.29, 1.82) is 0 Å². The second-order valence-electron chi connectivity index (χ2n) is 6.65. The molecular formula is C15H31N3O. The molecule has 0 saturated carbocycles. The average Bonchev–Trinajstić information content (AvgIpc) is 2.38. The molecule has 19 heavy (non-hydrogen) atoms. The summed E-state index contributed by atoms with van der Waals surface area (Å²) in [5.41, 5.74) is 0. The van der Waals surface area contributed by atoms with Gasteiger partial charge < -0.3 is 10.4 Å². The molecule has 2 rings (SSSR count). The Morgan fingerprint density at radius 2 is 2.05 bits per heavy atom. The Morgan fingerprint density at radius 3 is 2.74 bits per heavy atom. The fourth-order valence-electron chi connectivity index (χ4n) is 3.58. The Labute approximate surface area is 118 Å². The molecule has 4 heteroatoms. The Kier molecular flexibility index (Phi) is 5.63. The van der Waals surface area contributed by atoms with Crippen molar-refractivity contribution >= 4 is 0 Å². The highest BCUT2D eigenvalue weighted by molar-refractivity contribution is 4.90. The molecule has 3 unspecified atom stereocenters. The monoisotopic (exact) mass is 269 g/mol. The zero-order valence-corrected chi connectivity index (χ0v) is 12.8. The average molecular weight is 269 g/mol. The van der Waals surface area contributed by atoms with Crippen molar-refractivity contribution in [1.82, 2.24) is 15.1 Å². The lowest BCUT2D eigenvalue weighted by atomic mass is 9.97. The van der Waals surface area contributed by atoms with E-state index in [2.05, 4.69) is 35.9 Å². The molecule has 0 bridgehead atoms. The third-order valence-corrected chi connectivity index (χ3v) is 4.56. The van der Waals surface area contributed by atoms with Crippen LogP contribution in [0.5, 0.6) is 0 Å². The summed E-state index contributed by atoms with van der Waals surface area (Å²) in [5, 5.41) is 13.0. The predicted octanol–water partition coefficient (Wildman–Crippen LogP) is 0.904. The molecule has 0 aliphatic carbocycles. The van der Waals surface area contributed by atoms with Crippen LogP contribution in [0.3, 0.4) is 0 Å². The zero-order chi connectivity index (χ0) is 13.8. The summed E-state index contributed by atoms with van der Waals surface area (Å²) < 4.78 is 0. The molecule has 2 heterocycles. The highest BCUT2D eigenvalue weighted by Gasteiger charge is 2.33. The van der Waals surface area contributed by atoms with E-state index >= 15 is 0 Å². The number of fused-ring (bicyclic) bond motifs is 1. The highest BCUT2D eigenvalue weighted by atomic mass is 16.3. The van der Waals surface area contributed by atoms with Crippen molar-refractivity contribution in [3.8, 4) is 0 Å². The first kappa shape index (κ1) is 15.2. The molecule has 0 aromatic rings. The van der Waals surface area contributed by atoms with E-state index in [1.54, 1.807) is 0 Å². The number of rotatable bonds is 5. The van der Waals surface area contributed by atoms with Crippen molar-refractivity contribution in [3.05, 3.63) is 0 Å².